The SMILES string of the molecule is CCOC(=O)C(N)=C1CCC(c2c(Cl)c(OC)cc(OC)c2Cl)CC1=NCc1ccc(OC)cc1. The van der Waals surface area contributed by atoms with Gasteiger partial charge >= 0.3 is 5.97 Å². The average Bonchev–Trinajstić information content (AvgIpc) is 2.88. The predicted molar refractivity (Wildman–Crippen MR) is 138 cm³/mol. The highest BCUT2D eigenvalue weighted by molar-refractivity contribution is 6.38. The summed E-state index contributed by atoms with van der Waals surface area (Å²) in [6.45, 7) is 2.39. The van der Waals surface area contributed by atoms with Gasteiger partial charge in [0.25, 0.3) is 0 Å². The first-order valence-electron chi connectivity index (χ1n) is 11.3. The summed E-state index contributed by atoms with van der Waals surface area (Å²) >= 11 is 13.4. The second-order valence-corrected chi connectivity index (χ2v) is 8.74. The highest BCUT2D eigenvalue weighted by Gasteiger charge is 2.32. The van der Waals surface area contributed by atoms with Crippen molar-refractivity contribution in [3.63, 3.8) is 0 Å². The molecule has 0 amide bonds. The second kappa shape index (κ2) is 12.2. The van der Waals surface area contributed by atoms with Crippen LogP contribution in [0.3, 0.4) is 0 Å². The molecule has 0 spiro atoms. The summed E-state index contributed by atoms with van der Waals surface area (Å²) in [5.74, 6) is 1.10. The zero-order valence-electron chi connectivity index (χ0n) is 20.3. The monoisotopic (exact) mass is 520 g/mol. The molecule has 9 heteroatoms. The van der Waals surface area contributed by atoms with Gasteiger partial charge in [-0.1, -0.05) is 35.3 Å². The second-order valence-electron chi connectivity index (χ2n) is 7.99. The summed E-state index contributed by atoms with van der Waals surface area (Å²) in [5, 5.41) is 0.868. The summed E-state index contributed by atoms with van der Waals surface area (Å²) in [4.78, 5) is 17.3. The van der Waals surface area contributed by atoms with Crippen molar-refractivity contribution >= 4 is 34.9 Å². The van der Waals surface area contributed by atoms with E-state index in [1.807, 2.05) is 24.3 Å². The Bertz CT molecular complexity index is 1100. The number of carbonyl (C=O) groups excluding carboxylic acids is 1. The zero-order chi connectivity index (χ0) is 25.5. The quantitative estimate of drug-likeness (QED) is 0.354. The molecule has 7 nitrogen and oxygen atoms in total. The fraction of sp³-hybridized carbons (Fsp3) is 0.385. The Morgan fingerprint density at radius 2 is 1.69 bits per heavy atom. The van der Waals surface area contributed by atoms with Gasteiger partial charge in [-0.3, -0.25) is 4.99 Å². The summed E-state index contributed by atoms with van der Waals surface area (Å²) in [7, 11) is 4.71. The minimum absolute atomic E-state index is 0.0765. The van der Waals surface area contributed by atoms with Crippen molar-refractivity contribution in [2.75, 3.05) is 27.9 Å². The van der Waals surface area contributed by atoms with E-state index in [9.17, 15) is 4.79 Å². The topological polar surface area (TPSA) is 92.4 Å². The zero-order valence-corrected chi connectivity index (χ0v) is 21.8. The van der Waals surface area contributed by atoms with Crippen molar-refractivity contribution in [1.82, 2.24) is 0 Å². The third-order valence-corrected chi connectivity index (χ3v) is 6.76. The third kappa shape index (κ3) is 6.03. The van der Waals surface area contributed by atoms with Crippen LogP contribution >= 0.6 is 23.2 Å². The number of halogens is 2. The highest BCUT2D eigenvalue weighted by Crippen LogP contribution is 2.48. The van der Waals surface area contributed by atoms with Gasteiger partial charge in [0.2, 0.25) is 0 Å². The number of rotatable bonds is 8. The van der Waals surface area contributed by atoms with E-state index in [1.165, 1.54) is 0 Å². The van der Waals surface area contributed by atoms with Crippen LogP contribution in [0.1, 0.15) is 43.2 Å². The molecular weight excluding hydrogens is 491 g/mol. The molecule has 35 heavy (non-hydrogen) atoms. The highest BCUT2D eigenvalue weighted by atomic mass is 35.5. The van der Waals surface area contributed by atoms with Crippen molar-refractivity contribution in [3.8, 4) is 17.2 Å². The maximum absolute atomic E-state index is 12.4. The fourth-order valence-electron chi connectivity index (χ4n) is 4.13. The van der Waals surface area contributed by atoms with E-state index in [-0.39, 0.29) is 18.2 Å². The first-order valence-corrected chi connectivity index (χ1v) is 12.0. The van der Waals surface area contributed by atoms with E-state index in [4.69, 9.17) is 52.9 Å². The molecule has 0 heterocycles. The Labute approximate surface area is 215 Å². The Morgan fingerprint density at radius 1 is 1.06 bits per heavy atom. The number of benzene rings is 2. The van der Waals surface area contributed by atoms with Crippen LogP contribution in [0.5, 0.6) is 17.2 Å². The fourth-order valence-corrected chi connectivity index (χ4v) is 4.94. The molecule has 1 aliphatic carbocycles. The molecule has 0 bridgehead atoms. The number of nitrogens with two attached hydrogens (primary N) is 1. The van der Waals surface area contributed by atoms with Crippen LogP contribution in [0.15, 0.2) is 46.6 Å². The first kappa shape index (κ1) is 26.7. The lowest BCUT2D eigenvalue weighted by Gasteiger charge is -2.29. The van der Waals surface area contributed by atoms with Crippen molar-refractivity contribution in [2.24, 2.45) is 10.7 Å². The van der Waals surface area contributed by atoms with Crippen LogP contribution in [0.25, 0.3) is 0 Å². The van der Waals surface area contributed by atoms with Gasteiger partial charge in [-0.2, -0.15) is 0 Å². The van der Waals surface area contributed by atoms with Crippen LogP contribution in [0.2, 0.25) is 10.0 Å². The molecule has 1 unspecified atom stereocenters. The number of aliphatic imine (C=N–C) groups is 1. The molecule has 2 aromatic rings. The summed E-state index contributed by atoms with van der Waals surface area (Å²) in [5.41, 5.74) is 9.44. The molecule has 3 rings (SSSR count). The van der Waals surface area contributed by atoms with Crippen molar-refractivity contribution in [3.05, 3.63) is 62.8 Å². The van der Waals surface area contributed by atoms with Crippen LogP contribution in [0.4, 0.5) is 0 Å². The van der Waals surface area contributed by atoms with Crippen LogP contribution in [0, 0.1) is 0 Å². The molecule has 0 aliphatic heterocycles. The van der Waals surface area contributed by atoms with Gasteiger partial charge in [0.1, 0.15) is 22.9 Å². The Kier molecular flexibility index (Phi) is 9.29. The van der Waals surface area contributed by atoms with Gasteiger partial charge in [-0.05, 0) is 49.8 Å². The number of hydrogen-bond donors (Lipinski definition) is 1. The molecule has 0 radical (unpaired) electrons. The van der Waals surface area contributed by atoms with E-state index in [2.05, 4.69) is 0 Å². The minimum atomic E-state index is -0.544. The van der Waals surface area contributed by atoms with Crippen molar-refractivity contribution in [2.45, 2.75) is 38.6 Å². The smallest absolute Gasteiger partial charge is 0.354 e. The molecule has 1 aliphatic rings. The normalized spacial score (nSPS) is 18.2. The number of carbonyl (C=O) groups is 1. The predicted octanol–water partition coefficient (Wildman–Crippen LogP) is 5.70. The van der Waals surface area contributed by atoms with Gasteiger partial charge in [0.15, 0.2) is 0 Å². The maximum atomic E-state index is 12.4. The summed E-state index contributed by atoms with van der Waals surface area (Å²) in [6, 6.07) is 9.32. The van der Waals surface area contributed by atoms with Gasteiger partial charge in [0, 0.05) is 22.9 Å². The van der Waals surface area contributed by atoms with E-state index >= 15 is 0 Å². The average molecular weight is 521 g/mol. The van der Waals surface area contributed by atoms with E-state index in [1.54, 1.807) is 34.3 Å². The number of esters is 1. The number of methoxy groups -OCH3 is 3. The third-order valence-electron chi connectivity index (χ3n) is 5.98. The summed E-state index contributed by atoms with van der Waals surface area (Å²) < 4.78 is 21.2. The summed E-state index contributed by atoms with van der Waals surface area (Å²) in [6.07, 6.45) is 1.66. The molecule has 188 valence electrons. The van der Waals surface area contributed by atoms with Gasteiger partial charge < -0.3 is 24.7 Å². The maximum Gasteiger partial charge on any atom is 0.354 e. The number of allylic oxidation sites excluding steroid dienone is 1. The number of hydrogen-bond acceptors (Lipinski definition) is 7. The lowest BCUT2D eigenvalue weighted by Crippen LogP contribution is -2.25. The Hall–Kier alpha value is -2.90. The Morgan fingerprint density at radius 3 is 2.23 bits per heavy atom. The van der Waals surface area contributed by atoms with Gasteiger partial charge in [-0.25, -0.2) is 4.79 Å². The molecule has 2 aromatic carbocycles. The standard InChI is InChI=1S/C26H30Cl2N2O5/c1-5-35-26(31)25(29)18-11-8-16(22-23(27)20(33-3)13-21(34-4)24(22)28)12-19(18)30-14-15-6-9-17(32-2)10-7-15/h6-7,9-10,13,16H,5,8,11-12,14,29H2,1-4H3. The largest absolute Gasteiger partial charge is 0.497 e. The van der Waals surface area contributed by atoms with Crippen LogP contribution < -0.4 is 19.9 Å². The molecule has 0 aromatic heterocycles. The molecular formula is C26H30Cl2N2O5. The lowest BCUT2D eigenvalue weighted by molar-refractivity contribution is -0.138. The van der Waals surface area contributed by atoms with Crippen LogP contribution in [-0.4, -0.2) is 39.6 Å². The van der Waals surface area contributed by atoms with E-state index < -0.39 is 5.97 Å². The minimum Gasteiger partial charge on any atom is -0.497 e. The molecule has 2 N–H and O–H groups in total. The first-order chi connectivity index (χ1) is 16.8. The van der Waals surface area contributed by atoms with E-state index in [0.717, 1.165) is 22.6 Å². The molecule has 1 atom stereocenters. The molecule has 0 saturated heterocycles. The van der Waals surface area contributed by atoms with E-state index in [0.29, 0.717) is 52.9 Å². The molecule has 1 fully saturated rings. The number of ether oxygens (including phenoxy) is 4. The number of nitrogens with zero attached hydrogens (tertiary/aromatic N) is 1. The Balaban J connectivity index is 2.02. The van der Waals surface area contributed by atoms with Crippen LogP contribution in [-0.2, 0) is 16.1 Å². The van der Waals surface area contributed by atoms with Crippen molar-refractivity contribution in [1.29, 1.82) is 0 Å². The van der Waals surface area contributed by atoms with Crippen molar-refractivity contribution < 1.29 is 23.7 Å². The lowest BCUT2D eigenvalue weighted by atomic mass is 9.79. The van der Waals surface area contributed by atoms with Gasteiger partial charge in [0.05, 0.1) is 44.5 Å². The molecule has 1 saturated carbocycles. The van der Waals surface area contributed by atoms with Gasteiger partial charge in [-0.15, -0.1) is 0 Å².